The molecule has 1 aromatic carbocycles. The van der Waals surface area contributed by atoms with Gasteiger partial charge in [-0.2, -0.15) is 0 Å². The van der Waals surface area contributed by atoms with Gasteiger partial charge in [0.25, 0.3) is 5.91 Å². The summed E-state index contributed by atoms with van der Waals surface area (Å²) in [6.45, 7) is 0.718. The largest absolute Gasteiger partial charge is 0.496 e. The van der Waals surface area contributed by atoms with Gasteiger partial charge in [0.15, 0.2) is 0 Å². The molecule has 2 rings (SSSR count). The number of hydrogen-bond donors (Lipinski definition) is 0. The standard InChI is InChI=1S/C14H17BrClNO2/c1-19-13-9-10(16)5-6-12(13)14(18)17(8-7-15)11-3-2-4-11/h5-6,9,11H,2-4,7-8H2,1H3. The van der Waals surface area contributed by atoms with Gasteiger partial charge in [0.05, 0.1) is 12.7 Å². The second-order valence-corrected chi connectivity index (χ2v) is 5.85. The zero-order valence-corrected chi connectivity index (χ0v) is 13.2. The van der Waals surface area contributed by atoms with Crippen molar-refractivity contribution in [3.8, 4) is 5.75 Å². The number of ether oxygens (including phenoxy) is 1. The second kappa shape index (κ2) is 6.62. The van der Waals surface area contributed by atoms with Gasteiger partial charge in [-0.25, -0.2) is 0 Å². The van der Waals surface area contributed by atoms with Crippen LogP contribution in [-0.4, -0.2) is 35.8 Å². The van der Waals surface area contributed by atoms with Gasteiger partial charge in [0.1, 0.15) is 5.75 Å². The number of methoxy groups -OCH3 is 1. The first-order valence-corrected chi connectivity index (χ1v) is 7.87. The molecule has 1 fully saturated rings. The third-order valence-electron chi connectivity index (χ3n) is 3.50. The van der Waals surface area contributed by atoms with Crippen LogP contribution in [0.1, 0.15) is 29.6 Å². The predicted octanol–water partition coefficient (Wildman–Crippen LogP) is 3.74. The van der Waals surface area contributed by atoms with Crippen molar-refractivity contribution in [2.45, 2.75) is 25.3 Å². The smallest absolute Gasteiger partial charge is 0.257 e. The van der Waals surface area contributed by atoms with Crippen molar-refractivity contribution < 1.29 is 9.53 Å². The predicted molar refractivity (Wildman–Crippen MR) is 80.5 cm³/mol. The Morgan fingerprint density at radius 1 is 1.53 bits per heavy atom. The van der Waals surface area contributed by atoms with Crippen LogP contribution in [-0.2, 0) is 0 Å². The van der Waals surface area contributed by atoms with Crippen molar-refractivity contribution in [3.05, 3.63) is 28.8 Å². The number of amides is 1. The SMILES string of the molecule is COc1cc(Cl)ccc1C(=O)N(CCBr)C1CCC1. The van der Waals surface area contributed by atoms with E-state index >= 15 is 0 Å². The van der Waals surface area contributed by atoms with E-state index in [0.29, 0.717) is 22.4 Å². The summed E-state index contributed by atoms with van der Waals surface area (Å²) in [5, 5.41) is 1.36. The fourth-order valence-corrected chi connectivity index (χ4v) is 2.78. The van der Waals surface area contributed by atoms with Crippen molar-refractivity contribution in [1.82, 2.24) is 4.90 Å². The van der Waals surface area contributed by atoms with Gasteiger partial charge in [0.2, 0.25) is 0 Å². The van der Waals surface area contributed by atoms with Crippen LogP contribution in [0.4, 0.5) is 0 Å². The number of carbonyl (C=O) groups excluding carboxylic acids is 1. The Bertz CT molecular complexity index is 463. The number of nitrogens with zero attached hydrogens (tertiary/aromatic N) is 1. The summed E-state index contributed by atoms with van der Waals surface area (Å²) in [4.78, 5) is 14.6. The molecule has 0 saturated heterocycles. The molecule has 0 spiro atoms. The summed E-state index contributed by atoms with van der Waals surface area (Å²) in [5.74, 6) is 0.564. The third kappa shape index (κ3) is 3.23. The minimum absolute atomic E-state index is 0.0256. The van der Waals surface area contributed by atoms with Gasteiger partial charge in [-0.15, -0.1) is 0 Å². The molecule has 0 N–H and O–H groups in total. The summed E-state index contributed by atoms with van der Waals surface area (Å²) in [5.41, 5.74) is 0.583. The molecule has 104 valence electrons. The molecule has 0 radical (unpaired) electrons. The number of benzene rings is 1. The first kappa shape index (κ1) is 14.7. The maximum absolute atomic E-state index is 12.6. The van der Waals surface area contributed by atoms with Gasteiger partial charge in [0, 0.05) is 22.9 Å². The molecule has 0 aliphatic heterocycles. The molecule has 1 amide bonds. The first-order chi connectivity index (χ1) is 9.17. The molecule has 1 saturated carbocycles. The summed E-state index contributed by atoms with van der Waals surface area (Å²) < 4.78 is 5.26. The van der Waals surface area contributed by atoms with Crippen molar-refractivity contribution in [1.29, 1.82) is 0 Å². The van der Waals surface area contributed by atoms with Crippen LogP contribution in [0.25, 0.3) is 0 Å². The topological polar surface area (TPSA) is 29.5 Å². The lowest BCUT2D eigenvalue weighted by Gasteiger charge is -2.37. The summed E-state index contributed by atoms with van der Waals surface area (Å²) >= 11 is 9.34. The molecule has 0 atom stereocenters. The second-order valence-electron chi connectivity index (χ2n) is 4.62. The molecule has 0 heterocycles. The number of rotatable bonds is 5. The molecular weight excluding hydrogens is 330 g/mol. The number of halogens is 2. The normalized spacial score (nSPS) is 14.9. The van der Waals surface area contributed by atoms with Crippen LogP contribution >= 0.6 is 27.5 Å². The van der Waals surface area contributed by atoms with Crippen LogP contribution in [0.15, 0.2) is 18.2 Å². The Morgan fingerprint density at radius 3 is 2.79 bits per heavy atom. The summed E-state index contributed by atoms with van der Waals surface area (Å²) in [6.07, 6.45) is 3.39. The lowest BCUT2D eigenvalue weighted by Crippen LogP contribution is -2.45. The van der Waals surface area contributed by atoms with Gasteiger partial charge in [-0.05, 0) is 37.5 Å². The highest BCUT2D eigenvalue weighted by molar-refractivity contribution is 9.09. The van der Waals surface area contributed by atoms with E-state index in [9.17, 15) is 4.79 Å². The molecule has 0 bridgehead atoms. The molecule has 1 aliphatic rings. The highest BCUT2D eigenvalue weighted by Gasteiger charge is 2.30. The van der Waals surface area contributed by atoms with E-state index < -0.39 is 0 Å². The van der Waals surface area contributed by atoms with E-state index in [2.05, 4.69) is 15.9 Å². The molecule has 3 nitrogen and oxygen atoms in total. The van der Waals surface area contributed by atoms with Gasteiger partial charge in [-0.1, -0.05) is 27.5 Å². The van der Waals surface area contributed by atoms with Gasteiger partial charge in [-0.3, -0.25) is 4.79 Å². The van der Waals surface area contributed by atoms with Crippen LogP contribution < -0.4 is 4.74 Å². The maximum Gasteiger partial charge on any atom is 0.257 e. The van der Waals surface area contributed by atoms with Gasteiger partial charge >= 0.3 is 0 Å². The molecule has 19 heavy (non-hydrogen) atoms. The van der Waals surface area contributed by atoms with E-state index in [-0.39, 0.29) is 5.91 Å². The van der Waals surface area contributed by atoms with Crippen LogP contribution in [0.3, 0.4) is 0 Å². The number of hydrogen-bond acceptors (Lipinski definition) is 2. The van der Waals surface area contributed by atoms with E-state index in [0.717, 1.165) is 24.7 Å². The quantitative estimate of drug-likeness (QED) is 0.760. The van der Waals surface area contributed by atoms with E-state index in [1.165, 1.54) is 6.42 Å². The van der Waals surface area contributed by atoms with Gasteiger partial charge < -0.3 is 9.64 Å². The fourth-order valence-electron chi connectivity index (χ4n) is 2.24. The summed E-state index contributed by atoms with van der Waals surface area (Å²) in [7, 11) is 1.56. The highest BCUT2D eigenvalue weighted by Crippen LogP contribution is 2.29. The lowest BCUT2D eigenvalue weighted by molar-refractivity contribution is 0.0596. The van der Waals surface area contributed by atoms with Crippen LogP contribution in [0.5, 0.6) is 5.75 Å². The highest BCUT2D eigenvalue weighted by atomic mass is 79.9. The average Bonchev–Trinajstić information content (AvgIpc) is 2.35. The van der Waals surface area contributed by atoms with Crippen molar-refractivity contribution in [3.63, 3.8) is 0 Å². The zero-order chi connectivity index (χ0) is 13.8. The first-order valence-electron chi connectivity index (χ1n) is 6.38. The molecule has 1 aromatic rings. The van der Waals surface area contributed by atoms with Crippen molar-refractivity contribution >= 4 is 33.4 Å². The van der Waals surface area contributed by atoms with Crippen LogP contribution in [0.2, 0.25) is 5.02 Å². The Kier molecular flexibility index (Phi) is 5.11. The molecule has 0 unspecified atom stereocenters. The third-order valence-corrected chi connectivity index (χ3v) is 4.09. The minimum Gasteiger partial charge on any atom is -0.496 e. The lowest BCUT2D eigenvalue weighted by atomic mass is 9.91. The average molecular weight is 347 g/mol. The van der Waals surface area contributed by atoms with Crippen molar-refractivity contribution in [2.75, 3.05) is 19.0 Å². The molecular formula is C14H17BrClNO2. The van der Waals surface area contributed by atoms with E-state index in [1.807, 2.05) is 4.90 Å². The van der Waals surface area contributed by atoms with Crippen molar-refractivity contribution in [2.24, 2.45) is 0 Å². The number of carbonyl (C=O) groups is 1. The zero-order valence-electron chi connectivity index (χ0n) is 10.9. The van der Waals surface area contributed by atoms with E-state index in [1.54, 1.807) is 25.3 Å². The van der Waals surface area contributed by atoms with Crippen LogP contribution in [0, 0.1) is 0 Å². The molecule has 5 heteroatoms. The Balaban J connectivity index is 2.25. The fraction of sp³-hybridized carbons (Fsp3) is 0.500. The molecule has 1 aliphatic carbocycles. The Morgan fingerprint density at radius 2 is 2.26 bits per heavy atom. The Hall–Kier alpha value is -0.740. The summed E-state index contributed by atoms with van der Waals surface area (Å²) in [6, 6.07) is 5.51. The molecule has 0 aromatic heterocycles. The monoisotopic (exact) mass is 345 g/mol. The van der Waals surface area contributed by atoms with E-state index in [4.69, 9.17) is 16.3 Å². The number of alkyl halides is 1. The minimum atomic E-state index is 0.0256. The Labute approximate surface area is 127 Å². The maximum atomic E-state index is 12.6.